The van der Waals surface area contributed by atoms with Crippen molar-refractivity contribution in [3.63, 3.8) is 0 Å². The van der Waals surface area contributed by atoms with E-state index >= 15 is 0 Å². The Hall–Kier alpha value is -3.24. The van der Waals surface area contributed by atoms with Crippen LogP contribution in [0.15, 0.2) is 99.7 Å². The van der Waals surface area contributed by atoms with Crippen molar-refractivity contribution in [3.8, 4) is 17.3 Å². The third-order valence-electron chi connectivity index (χ3n) is 5.12. The lowest BCUT2D eigenvalue weighted by molar-refractivity contribution is -0.115. The van der Waals surface area contributed by atoms with E-state index in [4.69, 9.17) is 11.6 Å². The molecule has 33 heavy (non-hydrogen) atoms. The molecule has 0 N–H and O–H groups in total. The largest absolute Gasteiger partial charge is 0.278 e. The van der Waals surface area contributed by atoms with Gasteiger partial charge in [-0.15, -0.1) is 0 Å². The minimum Gasteiger partial charge on any atom is -0.278 e. The zero-order valence-corrected chi connectivity index (χ0v) is 19.6. The van der Waals surface area contributed by atoms with Crippen molar-refractivity contribution in [2.24, 2.45) is 0 Å². The highest BCUT2D eigenvalue weighted by Gasteiger charge is 2.28. The molecule has 4 aromatic rings. The molecule has 0 radical (unpaired) electrons. The smallest absolute Gasteiger partial charge is 0.242 e. The lowest BCUT2D eigenvalue weighted by atomic mass is 10.1. The maximum atomic E-state index is 13.5. The monoisotopic (exact) mass is 485 g/mol. The SMILES string of the molecule is N#Cc1ccc(-c2ccccc2)nc1SCC(=O)N1c2ccccc2Sc2ccc(Cl)cc21. The molecule has 1 aromatic heterocycles. The minimum absolute atomic E-state index is 0.105. The summed E-state index contributed by atoms with van der Waals surface area (Å²) >= 11 is 9.15. The van der Waals surface area contributed by atoms with Crippen LogP contribution in [0, 0.1) is 11.3 Å². The van der Waals surface area contributed by atoms with Crippen LogP contribution < -0.4 is 4.90 Å². The van der Waals surface area contributed by atoms with E-state index in [0.717, 1.165) is 32.4 Å². The summed E-state index contributed by atoms with van der Waals surface area (Å²) < 4.78 is 0. The number of nitriles is 1. The second-order valence-corrected chi connectivity index (χ2v) is 9.71. The Balaban J connectivity index is 1.46. The highest BCUT2D eigenvalue weighted by Crippen LogP contribution is 2.49. The summed E-state index contributed by atoms with van der Waals surface area (Å²) in [5.41, 5.74) is 3.77. The van der Waals surface area contributed by atoms with Gasteiger partial charge in [0.15, 0.2) is 0 Å². The first kappa shape index (κ1) is 21.6. The fourth-order valence-corrected chi connectivity index (χ4v) is 5.62. The van der Waals surface area contributed by atoms with Crippen LogP contribution in [0.3, 0.4) is 0 Å². The number of anilines is 2. The molecular formula is C26H16ClN3OS2. The van der Waals surface area contributed by atoms with Crippen molar-refractivity contribution in [2.75, 3.05) is 10.7 Å². The number of carbonyl (C=O) groups is 1. The number of nitrogens with zero attached hydrogens (tertiary/aromatic N) is 3. The first-order valence-corrected chi connectivity index (χ1v) is 12.3. The molecule has 2 heterocycles. The number of aromatic nitrogens is 1. The molecule has 0 saturated heterocycles. The number of fused-ring (bicyclic) bond motifs is 2. The van der Waals surface area contributed by atoms with E-state index in [2.05, 4.69) is 11.1 Å². The van der Waals surface area contributed by atoms with E-state index in [0.29, 0.717) is 15.6 Å². The molecule has 0 bridgehead atoms. The molecule has 160 valence electrons. The normalized spacial score (nSPS) is 11.9. The summed E-state index contributed by atoms with van der Waals surface area (Å²) in [6.07, 6.45) is 0. The van der Waals surface area contributed by atoms with Gasteiger partial charge in [0.1, 0.15) is 11.1 Å². The zero-order valence-electron chi connectivity index (χ0n) is 17.2. The molecule has 0 spiro atoms. The van der Waals surface area contributed by atoms with E-state index in [1.807, 2.05) is 78.9 Å². The average molecular weight is 486 g/mol. The van der Waals surface area contributed by atoms with Gasteiger partial charge in [-0.3, -0.25) is 9.69 Å². The number of para-hydroxylation sites is 1. The van der Waals surface area contributed by atoms with Gasteiger partial charge in [-0.1, -0.05) is 77.6 Å². The van der Waals surface area contributed by atoms with Crippen molar-refractivity contribution < 1.29 is 4.79 Å². The molecule has 0 saturated carbocycles. The van der Waals surface area contributed by atoms with E-state index in [1.54, 1.807) is 22.7 Å². The quantitative estimate of drug-likeness (QED) is 0.286. The summed E-state index contributed by atoms with van der Waals surface area (Å²) in [6, 6.07) is 28.9. The maximum absolute atomic E-state index is 13.5. The van der Waals surface area contributed by atoms with Crippen LogP contribution in [-0.4, -0.2) is 16.6 Å². The van der Waals surface area contributed by atoms with E-state index in [9.17, 15) is 10.1 Å². The number of thioether (sulfide) groups is 1. The summed E-state index contributed by atoms with van der Waals surface area (Å²) in [6.45, 7) is 0. The second-order valence-electron chi connectivity index (χ2n) is 7.23. The molecule has 4 nitrogen and oxygen atoms in total. The van der Waals surface area contributed by atoms with Crippen LogP contribution in [0.5, 0.6) is 0 Å². The molecule has 0 fully saturated rings. The van der Waals surface area contributed by atoms with Crippen molar-refractivity contribution in [1.82, 2.24) is 4.98 Å². The Morgan fingerprint density at radius 2 is 1.73 bits per heavy atom. The van der Waals surface area contributed by atoms with Gasteiger partial charge in [0.05, 0.1) is 28.4 Å². The van der Waals surface area contributed by atoms with Crippen molar-refractivity contribution in [3.05, 3.63) is 95.5 Å². The van der Waals surface area contributed by atoms with Gasteiger partial charge in [0.25, 0.3) is 0 Å². The number of hydrogen-bond donors (Lipinski definition) is 0. The van der Waals surface area contributed by atoms with Crippen LogP contribution in [0.1, 0.15) is 5.56 Å². The average Bonchev–Trinajstić information content (AvgIpc) is 2.86. The Bertz CT molecular complexity index is 1400. The summed E-state index contributed by atoms with van der Waals surface area (Å²) in [5.74, 6) is 0.0253. The van der Waals surface area contributed by atoms with Crippen molar-refractivity contribution >= 4 is 52.4 Å². The number of halogens is 1. The molecule has 0 atom stereocenters. The number of amides is 1. The predicted molar refractivity (Wildman–Crippen MR) is 134 cm³/mol. The molecular weight excluding hydrogens is 470 g/mol. The molecule has 0 aliphatic carbocycles. The second kappa shape index (κ2) is 9.32. The number of hydrogen-bond acceptors (Lipinski definition) is 5. The Labute approximate surface area is 205 Å². The molecule has 5 rings (SSSR count). The van der Waals surface area contributed by atoms with Crippen LogP contribution in [0.4, 0.5) is 11.4 Å². The third kappa shape index (κ3) is 4.36. The van der Waals surface area contributed by atoms with Crippen LogP contribution in [0.25, 0.3) is 11.3 Å². The Morgan fingerprint density at radius 3 is 2.55 bits per heavy atom. The van der Waals surface area contributed by atoms with Crippen molar-refractivity contribution in [1.29, 1.82) is 5.26 Å². The molecule has 0 unspecified atom stereocenters. The summed E-state index contributed by atoms with van der Waals surface area (Å²) in [5, 5.41) is 10.7. The first-order chi connectivity index (χ1) is 16.1. The molecule has 7 heteroatoms. The fraction of sp³-hybridized carbons (Fsp3) is 0.0385. The van der Waals surface area contributed by atoms with Gasteiger partial charge in [0, 0.05) is 20.4 Å². The topological polar surface area (TPSA) is 57.0 Å². The number of carbonyl (C=O) groups excluding carboxylic acids is 1. The molecule has 1 aliphatic heterocycles. The number of rotatable bonds is 4. The highest BCUT2D eigenvalue weighted by atomic mass is 35.5. The van der Waals surface area contributed by atoms with Gasteiger partial charge in [0.2, 0.25) is 5.91 Å². The van der Waals surface area contributed by atoms with Gasteiger partial charge in [-0.25, -0.2) is 4.98 Å². The molecule has 1 amide bonds. The van der Waals surface area contributed by atoms with Crippen LogP contribution >= 0.6 is 35.1 Å². The van der Waals surface area contributed by atoms with Crippen LogP contribution in [-0.2, 0) is 4.79 Å². The van der Waals surface area contributed by atoms with Gasteiger partial charge in [-0.05, 0) is 42.5 Å². The standard InChI is InChI=1S/C26H16ClN3OS2/c27-19-11-13-24-22(14-19)30(21-8-4-5-9-23(21)33-24)25(31)16-32-26-18(15-28)10-12-20(29-26)17-6-2-1-3-7-17/h1-14H,16H2. The highest BCUT2D eigenvalue weighted by molar-refractivity contribution is 8.00. The molecule has 3 aromatic carbocycles. The van der Waals surface area contributed by atoms with E-state index < -0.39 is 0 Å². The summed E-state index contributed by atoms with van der Waals surface area (Å²) in [4.78, 5) is 21.9. The van der Waals surface area contributed by atoms with E-state index in [1.165, 1.54) is 11.8 Å². The first-order valence-electron chi connectivity index (χ1n) is 10.1. The fourth-order valence-electron chi connectivity index (χ4n) is 3.60. The minimum atomic E-state index is -0.105. The molecule has 1 aliphatic rings. The van der Waals surface area contributed by atoms with E-state index in [-0.39, 0.29) is 11.7 Å². The van der Waals surface area contributed by atoms with Crippen molar-refractivity contribution in [2.45, 2.75) is 14.8 Å². The lowest BCUT2D eigenvalue weighted by Crippen LogP contribution is -2.30. The number of pyridine rings is 1. The Kier molecular flexibility index (Phi) is 6.10. The zero-order chi connectivity index (χ0) is 22.8. The summed E-state index contributed by atoms with van der Waals surface area (Å²) in [7, 11) is 0. The number of benzene rings is 3. The Morgan fingerprint density at radius 1 is 0.970 bits per heavy atom. The van der Waals surface area contributed by atoms with Gasteiger partial charge < -0.3 is 0 Å². The maximum Gasteiger partial charge on any atom is 0.242 e. The van der Waals surface area contributed by atoms with Gasteiger partial charge in [-0.2, -0.15) is 5.26 Å². The third-order valence-corrected chi connectivity index (χ3v) is 7.46. The van der Waals surface area contributed by atoms with Gasteiger partial charge >= 0.3 is 0 Å². The lowest BCUT2D eigenvalue weighted by Gasteiger charge is -2.31. The predicted octanol–water partition coefficient (Wildman–Crippen LogP) is 7.20. The van der Waals surface area contributed by atoms with Crippen LogP contribution in [0.2, 0.25) is 5.02 Å².